The molecule has 9 nitrogen and oxygen atoms in total. The summed E-state index contributed by atoms with van der Waals surface area (Å²) in [5.74, 6) is -1.18. The number of aryl methyl sites for hydroxylation is 1. The van der Waals surface area contributed by atoms with Crippen LogP contribution in [-0.4, -0.2) is 56.0 Å². The summed E-state index contributed by atoms with van der Waals surface area (Å²) in [6.07, 6.45) is -1.56. The Morgan fingerprint density at radius 3 is 2.41 bits per heavy atom. The van der Waals surface area contributed by atoms with Gasteiger partial charge < -0.3 is 19.2 Å². The van der Waals surface area contributed by atoms with Crippen molar-refractivity contribution in [3.8, 4) is 11.5 Å². The molecule has 1 aliphatic rings. The standard InChI is InChI=1S/C22H25NO8S/c1-12-20(14(3)24)13(2)23-21(12)22(26)15(4)31-19(25)7-10-32(27,28)16-5-6-17-18(11-16)30-9-8-29-17/h5-6,11,15,23H,7-10H2,1-4H3/t15-/m1/s1. The quantitative estimate of drug-likeness (QED) is 0.467. The van der Waals surface area contributed by atoms with Gasteiger partial charge in [-0.1, -0.05) is 0 Å². The second-order valence-electron chi connectivity index (χ2n) is 7.55. The van der Waals surface area contributed by atoms with Gasteiger partial charge in [0.2, 0.25) is 5.78 Å². The van der Waals surface area contributed by atoms with Gasteiger partial charge in [-0.2, -0.15) is 0 Å². The van der Waals surface area contributed by atoms with Crippen LogP contribution in [0.4, 0.5) is 0 Å². The molecule has 3 rings (SSSR count). The number of hydrogen-bond donors (Lipinski definition) is 1. The highest BCUT2D eigenvalue weighted by atomic mass is 32.2. The number of carbonyl (C=O) groups excluding carboxylic acids is 3. The van der Waals surface area contributed by atoms with Crippen LogP contribution in [0.15, 0.2) is 23.1 Å². The molecule has 1 aliphatic heterocycles. The fraction of sp³-hybridized carbons (Fsp3) is 0.409. The van der Waals surface area contributed by atoms with Crippen molar-refractivity contribution in [3.05, 3.63) is 40.7 Å². The highest BCUT2D eigenvalue weighted by Gasteiger charge is 2.27. The summed E-state index contributed by atoms with van der Waals surface area (Å²) < 4.78 is 41.1. The van der Waals surface area contributed by atoms with E-state index in [4.69, 9.17) is 14.2 Å². The third kappa shape index (κ3) is 4.85. The molecule has 0 fully saturated rings. The van der Waals surface area contributed by atoms with Crippen LogP contribution >= 0.6 is 0 Å². The Hall–Kier alpha value is -3.14. The number of aromatic amines is 1. The minimum absolute atomic E-state index is 0.00734. The molecule has 10 heteroatoms. The monoisotopic (exact) mass is 463 g/mol. The average molecular weight is 464 g/mol. The smallest absolute Gasteiger partial charge is 0.307 e. The molecular formula is C22H25NO8S. The number of ether oxygens (including phenoxy) is 3. The Kier molecular flexibility index (Phi) is 6.73. The largest absolute Gasteiger partial charge is 0.486 e. The van der Waals surface area contributed by atoms with Gasteiger partial charge in [0.05, 0.1) is 22.8 Å². The first-order valence-corrected chi connectivity index (χ1v) is 11.7. The van der Waals surface area contributed by atoms with Crippen LogP contribution in [0.2, 0.25) is 0 Å². The van der Waals surface area contributed by atoms with E-state index in [2.05, 4.69) is 4.98 Å². The number of sulfone groups is 1. The number of esters is 1. The number of H-pyrrole nitrogens is 1. The summed E-state index contributed by atoms with van der Waals surface area (Å²) in [5, 5.41) is 0. The number of nitrogens with one attached hydrogen (secondary N) is 1. The van der Waals surface area contributed by atoms with E-state index in [0.717, 1.165) is 0 Å². The Balaban J connectivity index is 1.62. The third-order valence-electron chi connectivity index (χ3n) is 5.16. The molecule has 0 bridgehead atoms. The SMILES string of the molecule is CC(=O)c1c(C)[nH]c(C(=O)[C@@H](C)OC(=O)CCS(=O)(=O)c2ccc3c(c2)OCCO3)c1C. The van der Waals surface area contributed by atoms with Crippen molar-refractivity contribution in [2.24, 2.45) is 0 Å². The molecule has 32 heavy (non-hydrogen) atoms. The number of carbonyl (C=O) groups is 3. The molecule has 1 aromatic heterocycles. The van der Waals surface area contributed by atoms with Gasteiger partial charge >= 0.3 is 5.97 Å². The summed E-state index contributed by atoms with van der Waals surface area (Å²) in [7, 11) is -3.78. The van der Waals surface area contributed by atoms with Gasteiger partial charge in [0.15, 0.2) is 33.2 Å². The molecule has 0 saturated carbocycles. The fourth-order valence-corrected chi connectivity index (χ4v) is 4.82. The maximum absolute atomic E-state index is 12.7. The molecule has 1 atom stereocenters. The summed E-state index contributed by atoms with van der Waals surface area (Å²) in [6, 6.07) is 4.27. The van der Waals surface area contributed by atoms with E-state index >= 15 is 0 Å². The van der Waals surface area contributed by atoms with Crippen LogP contribution in [0.1, 0.15) is 52.4 Å². The lowest BCUT2D eigenvalue weighted by Gasteiger charge is -2.18. The highest BCUT2D eigenvalue weighted by molar-refractivity contribution is 7.91. The van der Waals surface area contributed by atoms with E-state index in [0.29, 0.717) is 41.5 Å². The molecule has 0 spiro atoms. The lowest BCUT2D eigenvalue weighted by Crippen LogP contribution is -2.26. The molecule has 0 aliphatic carbocycles. The number of rotatable bonds is 8. The van der Waals surface area contributed by atoms with Crippen molar-refractivity contribution in [1.82, 2.24) is 4.98 Å². The summed E-state index contributed by atoms with van der Waals surface area (Å²) in [5.41, 5.74) is 1.67. The van der Waals surface area contributed by atoms with Crippen LogP contribution in [-0.2, 0) is 19.4 Å². The number of aromatic nitrogens is 1. The van der Waals surface area contributed by atoms with Crippen LogP contribution in [0.5, 0.6) is 11.5 Å². The van der Waals surface area contributed by atoms with Gasteiger partial charge in [0.1, 0.15) is 13.2 Å². The Morgan fingerprint density at radius 1 is 1.12 bits per heavy atom. The minimum atomic E-state index is -3.78. The zero-order chi connectivity index (χ0) is 23.6. The first kappa shape index (κ1) is 23.5. The van der Waals surface area contributed by atoms with Gasteiger partial charge in [-0.25, -0.2) is 8.42 Å². The third-order valence-corrected chi connectivity index (χ3v) is 6.87. The molecule has 0 saturated heterocycles. The average Bonchev–Trinajstić information content (AvgIpc) is 3.05. The Morgan fingerprint density at radius 2 is 1.78 bits per heavy atom. The van der Waals surface area contributed by atoms with E-state index in [9.17, 15) is 22.8 Å². The van der Waals surface area contributed by atoms with Crippen molar-refractivity contribution >= 4 is 27.4 Å². The van der Waals surface area contributed by atoms with Gasteiger partial charge in [0, 0.05) is 17.3 Å². The minimum Gasteiger partial charge on any atom is -0.486 e. The maximum atomic E-state index is 12.7. The summed E-state index contributed by atoms with van der Waals surface area (Å²) >= 11 is 0. The molecule has 172 valence electrons. The van der Waals surface area contributed by atoms with Crippen molar-refractivity contribution in [2.75, 3.05) is 19.0 Å². The maximum Gasteiger partial charge on any atom is 0.307 e. The van der Waals surface area contributed by atoms with Gasteiger partial charge in [-0.15, -0.1) is 0 Å². The van der Waals surface area contributed by atoms with Crippen LogP contribution in [0.3, 0.4) is 0 Å². The molecule has 0 unspecified atom stereocenters. The van der Waals surface area contributed by atoms with Crippen LogP contribution in [0, 0.1) is 13.8 Å². The number of Topliss-reactive ketones (excluding diaryl/α,β-unsaturated/α-hetero) is 2. The van der Waals surface area contributed by atoms with Crippen molar-refractivity contribution in [3.63, 3.8) is 0 Å². The van der Waals surface area contributed by atoms with E-state index in [1.54, 1.807) is 13.8 Å². The molecule has 0 radical (unpaired) electrons. The van der Waals surface area contributed by atoms with Crippen molar-refractivity contribution in [1.29, 1.82) is 0 Å². The van der Waals surface area contributed by atoms with Gasteiger partial charge in [-0.3, -0.25) is 14.4 Å². The zero-order valence-electron chi connectivity index (χ0n) is 18.3. The first-order chi connectivity index (χ1) is 15.0. The molecule has 0 amide bonds. The van der Waals surface area contributed by atoms with Crippen LogP contribution in [0.25, 0.3) is 0 Å². The summed E-state index contributed by atoms with van der Waals surface area (Å²) in [4.78, 5) is 39.5. The normalized spacial score (nSPS) is 14.0. The fourth-order valence-electron chi connectivity index (χ4n) is 3.59. The Labute approximate surface area is 186 Å². The molecule has 2 heterocycles. The molecule has 1 aromatic carbocycles. The molecule has 1 N–H and O–H groups in total. The van der Waals surface area contributed by atoms with Gasteiger partial charge in [-0.05, 0) is 45.4 Å². The van der Waals surface area contributed by atoms with Gasteiger partial charge in [0.25, 0.3) is 0 Å². The van der Waals surface area contributed by atoms with E-state index in [1.165, 1.54) is 32.0 Å². The predicted octanol–water partition coefficient (Wildman–Crippen LogP) is 2.58. The number of hydrogen-bond acceptors (Lipinski definition) is 8. The predicted molar refractivity (Wildman–Crippen MR) is 114 cm³/mol. The zero-order valence-corrected chi connectivity index (χ0v) is 19.1. The van der Waals surface area contributed by atoms with E-state index in [1.807, 2.05) is 0 Å². The van der Waals surface area contributed by atoms with E-state index < -0.39 is 39.9 Å². The summed E-state index contributed by atoms with van der Waals surface area (Å²) in [6.45, 7) is 6.84. The lowest BCUT2D eigenvalue weighted by molar-refractivity contribution is -0.145. The second-order valence-corrected chi connectivity index (χ2v) is 9.66. The number of benzene rings is 1. The number of fused-ring (bicyclic) bond motifs is 1. The Bertz CT molecular complexity index is 1180. The molecular weight excluding hydrogens is 438 g/mol. The highest BCUT2D eigenvalue weighted by Crippen LogP contribution is 2.32. The van der Waals surface area contributed by atoms with Crippen molar-refractivity contribution < 1.29 is 37.0 Å². The second kappa shape index (κ2) is 9.15. The van der Waals surface area contributed by atoms with E-state index in [-0.39, 0.29) is 16.4 Å². The first-order valence-electron chi connectivity index (χ1n) is 10.1. The van der Waals surface area contributed by atoms with Crippen molar-refractivity contribution in [2.45, 2.75) is 45.1 Å². The topological polar surface area (TPSA) is 129 Å². The molecule has 2 aromatic rings. The van der Waals surface area contributed by atoms with Crippen LogP contribution < -0.4 is 9.47 Å². The number of ketones is 2. The lowest BCUT2D eigenvalue weighted by atomic mass is 10.0.